The van der Waals surface area contributed by atoms with Gasteiger partial charge in [-0.1, -0.05) is 30.4 Å². The number of methoxy groups -OCH3 is 1. The summed E-state index contributed by atoms with van der Waals surface area (Å²) < 4.78 is 54.0. The molecule has 3 saturated carbocycles. The van der Waals surface area contributed by atoms with Gasteiger partial charge in [0.1, 0.15) is 11.9 Å². The number of aliphatic hydroxyl groups is 1. The Balaban J connectivity index is 1.03. The predicted octanol–water partition coefficient (Wildman–Crippen LogP) is 4.52. The molecule has 1 aromatic heterocycles. The maximum Gasteiger partial charge on any atom is 0.407 e. The van der Waals surface area contributed by atoms with E-state index in [0.717, 1.165) is 59.4 Å². The van der Waals surface area contributed by atoms with Crippen LogP contribution in [0.5, 0.6) is 5.75 Å². The number of fused-ring (bicyclic) bond motifs is 3. The van der Waals surface area contributed by atoms with Crippen LogP contribution in [-0.4, -0.2) is 92.4 Å². The quantitative estimate of drug-likeness (QED) is 0.218. The first kappa shape index (κ1) is 33.2. The monoisotopic (exact) mass is 712 g/mol. The van der Waals surface area contributed by atoms with Gasteiger partial charge in [0.05, 0.1) is 47.1 Å². The van der Waals surface area contributed by atoms with Crippen molar-refractivity contribution in [2.24, 2.45) is 17.3 Å². The number of nitrogens with zero attached hydrogens (tertiary/aromatic N) is 2. The number of amides is 1. The molecule has 3 aliphatic carbocycles. The maximum absolute atomic E-state index is 14.3. The van der Waals surface area contributed by atoms with Crippen molar-refractivity contribution in [3.8, 4) is 5.75 Å². The minimum atomic E-state index is -4.02. The molecule has 3 aromatic rings. The first-order valence-electron chi connectivity index (χ1n) is 17.3. The average Bonchev–Trinajstić information content (AvgIpc) is 3.98. The van der Waals surface area contributed by atoms with Crippen LogP contribution in [0.2, 0.25) is 0 Å². The second kappa shape index (κ2) is 13.0. The fourth-order valence-corrected chi connectivity index (χ4v) is 10.1. The molecule has 0 spiro atoms. The van der Waals surface area contributed by atoms with Gasteiger partial charge < -0.3 is 34.7 Å². The maximum atomic E-state index is 14.3. The number of carbonyl (C=O) groups is 1. The number of thiazole rings is 1. The van der Waals surface area contributed by atoms with Gasteiger partial charge in [0.2, 0.25) is 10.0 Å². The van der Waals surface area contributed by atoms with Crippen LogP contribution < -0.4 is 15.4 Å². The molecule has 1 amide bonds. The van der Waals surface area contributed by atoms with E-state index in [1.165, 1.54) is 15.6 Å². The lowest BCUT2D eigenvalue weighted by Crippen LogP contribution is -2.53. The van der Waals surface area contributed by atoms with E-state index in [9.17, 15) is 18.3 Å². The highest BCUT2D eigenvalue weighted by molar-refractivity contribution is 7.89. The molecule has 7 atom stereocenters. The van der Waals surface area contributed by atoms with Gasteiger partial charge in [-0.2, -0.15) is 4.31 Å². The van der Waals surface area contributed by atoms with Crippen molar-refractivity contribution in [2.75, 3.05) is 32.1 Å². The Kier molecular flexibility index (Phi) is 8.76. The number of aliphatic hydroxyl groups excluding tert-OH is 1. The van der Waals surface area contributed by atoms with Crippen molar-refractivity contribution < 1.29 is 37.3 Å². The van der Waals surface area contributed by atoms with E-state index in [4.69, 9.17) is 18.9 Å². The molecule has 49 heavy (non-hydrogen) atoms. The van der Waals surface area contributed by atoms with Gasteiger partial charge in [-0.25, -0.2) is 18.2 Å². The second-order valence-corrected chi connectivity index (χ2v) is 17.8. The van der Waals surface area contributed by atoms with Crippen LogP contribution in [0.15, 0.2) is 47.4 Å². The molecule has 12 nitrogen and oxygen atoms in total. The lowest BCUT2D eigenvalue weighted by molar-refractivity contribution is -0.153. The van der Waals surface area contributed by atoms with Crippen molar-refractivity contribution in [2.45, 2.75) is 93.5 Å². The van der Waals surface area contributed by atoms with E-state index >= 15 is 0 Å². The minimum Gasteiger partial charge on any atom is -0.497 e. The van der Waals surface area contributed by atoms with Gasteiger partial charge in [0.15, 0.2) is 11.4 Å². The highest BCUT2D eigenvalue weighted by Crippen LogP contribution is 2.47. The van der Waals surface area contributed by atoms with Gasteiger partial charge in [0.25, 0.3) is 0 Å². The second-order valence-electron chi connectivity index (χ2n) is 14.8. The number of alkyl carbamates (subject to hydrolysis) is 1. The smallest absolute Gasteiger partial charge is 0.407 e. The summed E-state index contributed by atoms with van der Waals surface area (Å²) in [6, 6.07) is 12.0. The highest BCUT2D eigenvalue weighted by atomic mass is 32.2. The van der Waals surface area contributed by atoms with Crippen molar-refractivity contribution in [3.05, 3.63) is 48.0 Å². The van der Waals surface area contributed by atoms with E-state index in [1.807, 2.05) is 24.3 Å². The van der Waals surface area contributed by atoms with Crippen LogP contribution >= 0.6 is 11.3 Å². The lowest BCUT2D eigenvalue weighted by atomic mass is 9.78. The summed E-state index contributed by atoms with van der Waals surface area (Å²) in [6.45, 7) is 2.59. The molecule has 2 aromatic carbocycles. The van der Waals surface area contributed by atoms with E-state index < -0.39 is 34.4 Å². The van der Waals surface area contributed by atoms with Crippen LogP contribution in [-0.2, 0) is 30.7 Å². The van der Waals surface area contributed by atoms with Crippen LogP contribution in [0.3, 0.4) is 0 Å². The van der Waals surface area contributed by atoms with Crippen LogP contribution in [0.25, 0.3) is 10.2 Å². The minimum absolute atomic E-state index is 0.0505. The number of nitrogens with one attached hydrogen (secondary N) is 2. The molecule has 3 bridgehead atoms. The molecule has 14 heteroatoms. The zero-order chi connectivity index (χ0) is 33.9. The van der Waals surface area contributed by atoms with E-state index in [-0.39, 0.29) is 48.1 Å². The molecule has 2 aliphatic heterocycles. The van der Waals surface area contributed by atoms with Gasteiger partial charge in [0, 0.05) is 31.0 Å². The molecule has 5 fully saturated rings. The van der Waals surface area contributed by atoms with Crippen LogP contribution in [0.4, 0.5) is 9.93 Å². The van der Waals surface area contributed by atoms with E-state index in [1.54, 1.807) is 25.3 Å². The van der Waals surface area contributed by atoms with Crippen LogP contribution in [0, 0.1) is 17.3 Å². The number of aromatic nitrogens is 1. The topological polar surface area (TPSA) is 149 Å². The Bertz CT molecular complexity index is 1790. The molecular weight excluding hydrogens is 669 g/mol. The fourth-order valence-electron chi connectivity index (χ4n) is 7.39. The third kappa shape index (κ3) is 7.13. The van der Waals surface area contributed by atoms with Crippen molar-refractivity contribution in [3.63, 3.8) is 0 Å². The average molecular weight is 713 g/mol. The molecule has 2 saturated heterocycles. The molecule has 8 rings (SSSR count). The first-order chi connectivity index (χ1) is 23.5. The fraction of sp³-hybridized carbons (Fsp3) is 0.600. The van der Waals surface area contributed by atoms with Gasteiger partial charge in [-0.15, -0.1) is 0 Å². The van der Waals surface area contributed by atoms with Crippen molar-refractivity contribution in [1.29, 1.82) is 0 Å². The largest absolute Gasteiger partial charge is 0.497 e. The Labute approximate surface area is 290 Å². The Morgan fingerprint density at radius 2 is 1.96 bits per heavy atom. The number of rotatable bonds is 14. The molecule has 7 unspecified atom stereocenters. The summed E-state index contributed by atoms with van der Waals surface area (Å²) in [4.78, 5) is 18.3. The highest BCUT2D eigenvalue weighted by Gasteiger charge is 2.54. The number of hydrogen-bond acceptors (Lipinski definition) is 11. The molecule has 5 aliphatic rings. The van der Waals surface area contributed by atoms with Crippen molar-refractivity contribution >= 4 is 42.8 Å². The summed E-state index contributed by atoms with van der Waals surface area (Å²) in [5, 5.41) is 18.9. The van der Waals surface area contributed by atoms with E-state index in [0.29, 0.717) is 24.3 Å². The van der Waals surface area contributed by atoms with Crippen LogP contribution in [0.1, 0.15) is 51.0 Å². The third-order valence-electron chi connectivity index (χ3n) is 10.7. The SMILES string of the molecule is COc1ccc(CC(NC(=O)OC2C3COC4OC2CC4C3)C(O)CN(CC2(C)CC2)S(=O)(=O)c2ccc3nc(NC4CC4)sc3c2)cc1. The number of ether oxygens (including phenoxy) is 4. The number of benzene rings is 2. The zero-order valence-electron chi connectivity index (χ0n) is 27.7. The third-order valence-corrected chi connectivity index (χ3v) is 13.5. The lowest BCUT2D eigenvalue weighted by Gasteiger charge is -2.37. The van der Waals surface area contributed by atoms with Gasteiger partial charge in [-0.3, -0.25) is 0 Å². The van der Waals surface area contributed by atoms with Crippen molar-refractivity contribution in [1.82, 2.24) is 14.6 Å². The Morgan fingerprint density at radius 1 is 1.16 bits per heavy atom. The molecule has 3 heterocycles. The molecule has 264 valence electrons. The Morgan fingerprint density at radius 3 is 2.69 bits per heavy atom. The van der Waals surface area contributed by atoms with Gasteiger partial charge in [-0.05, 0) is 86.3 Å². The Hall–Kier alpha value is -3.01. The first-order valence-corrected chi connectivity index (χ1v) is 19.5. The zero-order valence-corrected chi connectivity index (χ0v) is 29.4. The summed E-state index contributed by atoms with van der Waals surface area (Å²) in [6.07, 6.45) is 3.13. The normalized spacial score (nSPS) is 28.0. The standard InChI is InChI=1S/C35H44N4O8S2/c1-35(11-12-35)19-39(49(42,43)25-9-10-26-30(16-25)48-33(37-26)36-23-5-6-23)17-28(40)27(13-20-3-7-24(44-2)8-4-20)38-34(41)47-31-22-14-21-15-29(31)46-32(21)45-18-22/h3-4,7-10,16,21-23,27-29,31-32,40H,5-6,11-15,17-19H2,1-2H3,(H,36,37)(H,38,41). The predicted molar refractivity (Wildman–Crippen MR) is 183 cm³/mol. The number of anilines is 1. The molecular formula is C35H44N4O8S2. The number of sulfonamides is 1. The van der Waals surface area contributed by atoms with E-state index in [2.05, 4.69) is 22.5 Å². The summed E-state index contributed by atoms with van der Waals surface area (Å²) in [5.41, 5.74) is 1.40. The summed E-state index contributed by atoms with van der Waals surface area (Å²) in [7, 11) is -2.43. The number of carbonyl (C=O) groups excluding carboxylic acids is 1. The number of hydrogen-bond donors (Lipinski definition) is 3. The summed E-state index contributed by atoms with van der Waals surface area (Å²) >= 11 is 1.44. The van der Waals surface area contributed by atoms with Gasteiger partial charge >= 0.3 is 6.09 Å². The molecule has 3 N–H and O–H groups in total. The molecule has 0 radical (unpaired) electrons. The summed E-state index contributed by atoms with van der Waals surface area (Å²) in [5.74, 6) is 1.06.